The second-order valence-corrected chi connectivity index (χ2v) is 4.37. The summed E-state index contributed by atoms with van der Waals surface area (Å²) in [6, 6.07) is 11.7. The fourth-order valence-electron chi connectivity index (χ4n) is 1.44. The molecule has 17 heavy (non-hydrogen) atoms. The van der Waals surface area contributed by atoms with Gasteiger partial charge in [-0.1, -0.05) is 41.4 Å². The Bertz CT molecular complexity index is 511. The summed E-state index contributed by atoms with van der Waals surface area (Å²) in [6.45, 7) is 0.570. The number of rotatable bonds is 3. The molecule has 0 spiro atoms. The van der Waals surface area contributed by atoms with Crippen molar-refractivity contribution in [1.82, 2.24) is 0 Å². The predicted octanol–water partition coefficient (Wildman–Crippen LogP) is 4.74. The number of anilines is 1. The van der Waals surface area contributed by atoms with Crippen molar-refractivity contribution in [3.8, 4) is 0 Å². The summed E-state index contributed by atoms with van der Waals surface area (Å²) >= 11 is 11.9. The summed E-state index contributed by atoms with van der Waals surface area (Å²) in [6.07, 6.45) is 0. The van der Waals surface area contributed by atoms with E-state index in [0.29, 0.717) is 16.6 Å². The van der Waals surface area contributed by atoms with E-state index in [2.05, 4.69) is 5.32 Å². The third-order valence-electron chi connectivity index (χ3n) is 2.35. The number of nitrogens with one attached hydrogen (secondary N) is 1. The van der Waals surface area contributed by atoms with E-state index in [1.807, 2.05) is 12.1 Å². The van der Waals surface area contributed by atoms with E-state index in [0.717, 1.165) is 11.3 Å². The number of hydrogen-bond donors (Lipinski definition) is 1. The van der Waals surface area contributed by atoms with Gasteiger partial charge in [0.2, 0.25) is 0 Å². The highest BCUT2D eigenvalue weighted by Crippen LogP contribution is 2.29. The fourth-order valence-corrected chi connectivity index (χ4v) is 1.81. The van der Waals surface area contributed by atoms with Gasteiger partial charge in [0, 0.05) is 6.54 Å². The van der Waals surface area contributed by atoms with Gasteiger partial charge in [0.15, 0.2) is 0 Å². The van der Waals surface area contributed by atoms with Crippen LogP contribution in [-0.4, -0.2) is 0 Å². The molecule has 0 atom stereocenters. The molecule has 88 valence electrons. The van der Waals surface area contributed by atoms with Gasteiger partial charge < -0.3 is 5.32 Å². The summed E-state index contributed by atoms with van der Waals surface area (Å²) in [5.74, 6) is -0.241. The van der Waals surface area contributed by atoms with Gasteiger partial charge in [0.25, 0.3) is 0 Å². The second kappa shape index (κ2) is 5.39. The molecule has 0 aliphatic heterocycles. The highest BCUT2D eigenvalue weighted by atomic mass is 35.5. The van der Waals surface area contributed by atoms with Crippen molar-refractivity contribution in [3.05, 3.63) is 63.9 Å². The van der Waals surface area contributed by atoms with Gasteiger partial charge in [-0.3, -0.25) is 0 Å². The van der Waals surface area contributed by atoms with Crippen molar-refractivity contribution < 1.29 is 4.39 Å². The van der Waals surface area contributed by atoms with E-state index in [9.17, 15) is 4.39 Å². The number of hydrogen-bond acceptors (Lipinski definition) is 1. The van der Waals surface area contributed by atoms with Gasteiger partial charge in [-0.2, -0.15) is 0 Å². The highest BCUT2D eigenvalue weighted by molar-refractivity contribution is 6.43. The minimum atomic E-state index is -0.241. The molecule has 0 heterocycles. The fraction of sp³-hybridized carbons (Fsp3) is 0.0769. The third kappa shape index (κ3) is 3.11. The largest absolute Gasteiger partial charge is 0.380 e. The van der Waals surface area contributed by atoms with Crippen LogP contribution in [0.4, 0.5) is 10.1 Å². The average molecular weight is 270 g/mol. The molecule has 4 heteroatoms. The minimum absolute atomic E-state index is 0.241. The van der Waals surface area contributed by atoms with Crippen LogP contribution in [-0.2, 0) is 6.54 Å². The maximum absolute atomic E-state index is 12.7. The van der Waals surface area contributed by atoms with Crippen LogP contribution in [0.25, 0.3) is 0 Å². The molecule has 0 aliphatic carbocycles. The molecular formula is C13H10Cl2FN. The molecule has 0 aromatic heterocycles. The maximum Gasteiger partial charge on any atom is 0.123 e. The van der Waals surface area contributed by atoms with E-state index in [4.69, 9.17) is 23.2 Å². The zero-order chi connectivity index (χ0) is 12.3. The zero-order valence-electron chi connectivity index (χ0n) is 8.88. The van der Waals surface area contributed by atoms with Crippen molar-refractivity contribution >= 4 is 28.9 Å². The Kier molecular flexibility index (Phi) is 3.87. The highest BCUT2D eigenvalue weighted by Gasteiger charge is 2.03. The molecule has 0 saturated carbocycles. The molecule has 0 saturated heterocycles. The van der Waals surface area contributed by atoms with Gasteiger partial charge in [0.1, 0.15) is 5.82 Å². The lowest BCUT2D eigenvalue weighted by atomic mass is 10.2. The summed E-state index contributed by atoms with van der Waals surface area (Å²) in [4.78, 5) is 0. The molecule has 2 aromatic rings. The summed E-state index contributed by atoms with van der Waals surface area (Å²) < 4.78 is 12.7. The molecule has 0 bridgehead atoms. The standard InChI is InChI=1S/C13H10Cl2FN/c14-11-2-1-3-12(13(11)15)17-8-9-4-6-10(16)7-5-9/h1-7,17H,8H2. The van der Waals surface area contributed by atoms with Crippen molar-refractivity contribution in [1.29, 1.82) is 0 Å². The Balaban J connectivity index is 2.07. The summed E-state index contributed by atoms with van der Waals surface area (Å²) in [5, 5.41) is 4.16. The van der Waals surface area contributed by atoms with Crippen LogP contribution >= 0.6 is 23.2 Å². The maximum atomic E-state index is 12.7. The van der Waals surface area contributed by atoms with Crippen LogP contribution in [0, 0.1) is 5.82 Å². The molecule has 0 radical (unpaired) electrons. The number of halogens is 3. The first-order chi connectivity index (χ1) is 8.16. The third-order valence-corrected chi connectivity index (χ3v) is 3.17. The SMILES string of the molecule is Fc1ccc(CNc2cccc(Cl)c2Cl)cc1. The van der Waals surface area contributed by atoms with Crippen LogP contribution in [0.2, 0.25) is 10.0 Å². The monoisotopic (exact) mass is 269 g/mol. The molecule has 0 amide bonds. The summed E-state index contributed by atoms with van der Waals surface area (Å²) in [7, 11) is 0. The first-order valence-corrected chi connectivity index (χ1v) is 5.85. The van der Waals surface area contributed by atoms with Gasteiger partial charge in [-0.15, -0.1) is 0 Å². The average Bonchev–Trinajstić information content (AvgIpc) is 2.33. The molecule has 0 unspecified atom stereocenters. The lowest BCUT2D eigenvalue weighted by Gasteiger charge is -2.09. The van der Waals surface area contributed by atoms with Crippen molar-refractivity contribution in [3.63, 3.8) is 0 Å². The zero-order valence-corrected chi connectivity index (χ0v) is 10.4. The van der Waals surface area contributed by atoms with Crippen LogP contribution in [0.3, 0.4) is 0 Å². The van der Waals surface area contributed by atoms with Gasteiger partial charge in [-0.25, -0.2) is 4.39 Å². The van der Waals surface area contributed by atoms with Crippen LogP contribution < -0.4 is 5.32 Å². The molecular weight excluding hydrogens is 260 g/mol. The molecule has 2 aromatic carbocycles. The predicted molar refractivity (Wildman–Crippen MR) is 70.2 cm³/mol. The second-order valence-electron chi connectivity index (χ2n) is 3.58. The Hall–Kier alpha value is -1.25. The first kappa shape index (κ1) is 12.2. The lowest BCUT2D eigenvalue weighted by Crippen LogP contribution is -1.99. The molecule has 1 N–H and O–H groups in total. The minimum Gasteiger partial charge on any atom is -0.380 e. The Labute approximate surface area is 109 Å². The lowest BCUT2D eigenvalue weighted by molar-refractivity contribution is 0.627. The van der Waals surface area contributed by atoms with E-state index in [1.165, 1.54) is 12.1 Å². The topological polar surface area (TPSA) is 12.0 Å². The van der Waals surface area contributed by atoms with Crippen molar-refractivity contribution in [2.24, 2.45) is 0 Å². The van der Waals surface area contributed by atoms with Crippen molar-refractivity contribution in [2.75, 3.05) is 5.32 Å². The number of benzene rings is 2. The Morgan fingerprint density at radius 1 is 1.00 bits per heavy atom. The molecule has 0 fully saturated rings. The van der Waals surface area contributed by atoms with E-state index in [1.54, 1.807) is 18.2 Å². The van der Waals surface area contributed by atoms with E-state index < -0.39 is 0 Å². The Morgan fingerprint density at radius 3 is 2.41 bits per heavy atom. The summed E-state index contributed by atoms with van der Waals surface area (Å²) in [5.41, 5.74) is 1.74. The molecule has 0 aliphatic rings. The Morgan fingerprint density at radius 2 is 1.71 bits per heavy atom. The smallest absolute Gasteiger partial charge is 0.123 e. The van der Waals surface area contributed by atoms with Crippen LogP contribution in [0.5, 0.6) is 0 Å². The van der Waals surface area contributed by atoms with Gasteiger partial charge >= 0.3 is 0 Å². The van der Waals surface area contributed by atoms with Gasteiger partial charge in [-0.05, 0) is 29.8 Å². The van der Waals surface area contributed by atoms with Crippen molar-refractivity contribution in [2.45, 2.75) is 6.54 Å². The molecule has 1 nitrogen and oxygen atoms in total. The van der Waals surface area contributed by atoms with Crippen LogP contribution in [0.1, 0.15) is 5.56 Å². The van der Waals surface area contributed by atoms with Gasteiger partial charge in [0.05, 0.1) is 15.7 Å². The molecule has 2 rings (SSSR count). The normalized spacial score (nSPS) is 10.3. The quantitative estimate of drug-likeness (QED) is 0.849. The first-order valence-electron chi connectivity index (χ1n) is 5.09. The van der Waals surface area contributed by atoms with E-state index in [-0.39, 0.29) is 5.82 Å². The van der Waals surface area contributed by atoms with Crippen LogP contribution in [0.15, 0.2) is 42.5 Å². The van der Waals surface area contributed by atoms with E-state index >= 15 is 0 Å².